The fourth-order valence-electron chi connectivity index (χ4n) is 4.10. The molecule has 4 nitrogen and oxygen atoms in total. The second kappa shape index (κ2) is 8.68. The van der Waals surface area contributed by atoms with Crippen molar-refractivity contribution in [1.29, 1.82) is 0 Å². The standard InChI is InChI=1S/C23H29N3OS/c1-16-8-9-19(12-17(16)2)15-28-23-24-21-10-11-26(14-20(21)22(27)25-23)13-18-6-4-3-5-7-18/h3-9,12,20-21,23-24H,10-11,13-15H2,1-2H3,(H,25,27). The summed E-state index contributed by atoms with van der Waals surface area (Å²) < 4.78 is 0. The van der Waals surface area contributed by atoms with Gasteiger partial charge >= 0.3 is 0 Å². The van der Waals surface area contributed by atoms with Gasteiger partial charge in [0, 0.05) is 31.4 Å². The molecule has 3 atom stereocenters. The van der Waals surface area contributed by atoms with Crippen molar-refractivity contribution in [2.45, 2.75) is 44.1 Å². The van der Waals surface area contributed by atoms with E-state index in [0.29, 0.717) is 0 Å². The summed E-state index contributed by atoms with van der Waals surface area (Å²) in [6.07, 6.45) is 1.02. The minimum absolute atomic E-state index is 0.00367. The Morgan fingerprint density at radius 3 is 2.68 bits per heavy atom. The summed E-state index contributed by atoms with van der Waals surface area (Å²) in [4.78, 5) is 15.2. The van der Waals surface area contributed by atoms with E-state index in [2.05, 4.69) is 71.8 Å². The number of nitrogens with zero attached hydrogens (tertiary/aromatic N) is 1. The third kappa shape index (κ3) is 4.59. The molecule has 0 radical (unpaired) electrons. The van der Waals surface area contributed by atoms with E-state index < -0.39 is 0 Å². The number of nitrogens with one attached hydrogen (secondary N) is 2. The smallest absolute Gasteiger partial charge is 0.227 e. The van der Waals surface area contributed by atoms with Gasteiger partial charge in [0.05, 0.1) is 5.92 Å². The van der Waals surface area contributed by atoms with Crippen molar-refractivity contribution in [3.8, 4) is 0 Å². The molecule has 2 aromatic rings. The SMILES string of the molecule is Cc1ccc(CSC2NC(=O)C3CN(Cc4ccccc4)CCC3N2)cc1C. The minimum Gasteiger partial charge on any atom is -0.331 e. The largest absolute Gasteiger partial charge is 0.331 e. The lowest BCUT2D eigenvalue weighted by molar-refractivity contribution is -0.130. The molecule has 2 heterocycles. The number of hydrogen-bond acceptors (Lipinski definition) is 4. The molecule has 1 amide bonds. The number of aryl methyl sites for hydroxylation is 2. The molecule has 2 aliphatic rings. The molecule has 5 heteroatoms. The van der Waals surface area contributed by atoms with Gasteiger partial charge in [0.25, 0.3) is 0 Å². The Labute approximate surface area is 172 Å². The van der Waals surface area contributed by atoms with Crippen LogP contribution in [0.15, 0.2) is 48.5 Å². The summed E-state index contributed by atoms with van der Waals surface area (Å²) in [7, 11) is 0. The van der Waals surface area contributed by atoms with Crippen molar-refractivity contribution in [2.24, 2.45) is 5.92 Å². The summed E-state index contributed by atoms with van der Waals surface area (Å²) in [5.74, 6) is 1.13. The van der Waals surface area contributed by atoms with E-state index in [1.165, 1.54) is 22.3 Å². The van der Waals surface area contributed by atoms with E-state index in [4.69, 9.17) is 0 Å². The van der Waals surface area contributed by atoms with Crippen molar-refractivity contribution in [3.05, 3.63) is 70.8 Å². The van der Waals surface area contributed by atoms with Crippen molar-refractivity contribution >= 4 is 17.7 Å². The third-order valence-corrected chi connectivity index (χ3v) is 7.00. The van der Waals surface area contributed by atoms with Gasteiger partial charge < -0.3 is 5.32 Å². The zero-order chi connectivity index (χ0) is 19.5. The average Bonchev–Trinajstić information content (AvgIpc) is 2.70. The molecule has 0 spiro atoms. The van der Waals surface area contributed by atoms with Crippen LogP contribution in [0.3, 0.4) is 0 Å². The van der Waals surface area contributed by atoms with Crippen molar-refractivity contribution in [2.75, 3.05) is 13.1 Å². The van der Waals surface area contributed by atoms with Crippen LogP contribution >= 0.6 is 11.8 Å². The normalized spacial score (nSPS) is 25.2. The Kier molecular flexibility index (Phi) is 6.04. The van der Waals surface area contributed by atoms with E-state index in [-0.39, 0.29) is 23.4 Å². The van der Waals surface area contributed by atoms with Gasteiger partial charge in [0.15, 0.2) is 0 Å². The molecule has 2 aromatic carbocycles. The van der Waals surface area contributed by atoms with E-state index in [1.807, 2.05) is 6.07 Å². The second-order valence-electron chi connectivity index (χ2n) is 8.01. The molecule has 3 unspecified atom stereocenters. The zero-order valence-electron chi connectivity index (χ0n) is 16.7. The molecular weight excluding hydrogens is 366 g/mol. The fourth-order valence-corrected chi connectivity index (χ4v) is 5.11. The lowest BCUT2D eigenvalue weighted by Gasteiger charge is -2.43. The molecule has 2 fully saturated rings. The number of carbonyl (C=O) groups is 1. The van der Waals surface area contributed by atoms with Crippen molar-refractivity contribution < 1.29 is 4.79 Å². The van der Waals surface area contributed by atoms with Crippen LogP contribution in [0.1, 0.15) is 28.7 Å². The van der Waals surface area contributed by atoms with E-state index in [1.54, 1.807) is 11.8 Å². The maximum atomic E-state index is 12.8. The number of piperidine rings is 1. The number of carbonyl (C=O) groups excluding carboxylic acids is 1. The maximum absolute atomic E-state index is 12.8. The number of fused-ring (bicyclic) bond motifs is 1. The van der Waals surface area contributed by atoms with E-state index >= 15 is 0 Å². The lowest BCUT2D eigenvalue weighted by Crippen LogP contribution is -2.64. The first-order chi connectivity index (χ1) is 13.6. The van der Waals surface area contributed by atoms with E-state index in [9.17, 15) is 4.79 Å². The summed E-state index contributed by atoms with van der Waals surface area (Å²) >= 11 is 1.77. The number of rotatable bonds is 5. The molecule has 2 saturated heterocycles. The van der Waals surface area contributed by atoms with Crippen LogP contribution in [-0.4, -0.2) is 35.4 Å². The number of hydrogen-bond donors (Lipinski definition) is 2. The van der Waals surface area contributed by atoms with Crippen LogP contribution in [0.5, 0.6) is 0 Å². The monoisotopic (exact) mass is 395 g/mol. The number of benzene rings is 2. The Morgan fingerprint density at radius 2 is 1.89 bits per heavy atom. The molecule has 0 saturated carbocycles. The quantitative estimate of drug-likeness (QED) is 0.814. The van der Waals surface area contributed by atoms with Gasteiger partial charge in [-0.2, -0.15) is 0 Å². The van der Waals surface area contributed by atoms with Gasteiger partial charge in [-0.05, 0) is 42.5 Å². The van der Waals surface area contributed by atoms with Crippen molar-refractivity contribution in [3.63, 3.8) is 0 Å². The fraction of sp³-hybridized carbons (Fsp3) is 0.435. The lowest BCUT2D eigenvalue weighted by atomic mass is 9.89. The van der Waals surface area contributed by atoms with Crippen LogP contribution in [-0.2, 0) is 17.1 Å². The third-order valence-electron chi connectivity index (χ3n) is 5.91. The average molecular weight is 396 g/mol. The van der Waals surface area contributed by atoms with Crippen LogP contribution in [0.25, 0.3) is 0 Å². The van der Waals surface area contributed by atoms with E-state index in [0.717, 1.165) is 31.8 Å². The Bertz CT molecular complexity index is 826. The summed E-state index contributed by atoms with van der Waals surface area (Å²) in [5, 5.41) is 6.85. The molecule has 2 aliphatic heterocycles. The highest BCUT2D eigenvalue weighted by Crippen LogP contribution is 2.26. The predicted octanol–water partition coefficient (Wildman–Crippen LogP) is 3.43. The highest BCUT2D eigenvalue weighted by Gasteiger charge is 2.39. The first-order valence-electron chi connectivity index (χ1n) is 10.1. The molecule has 148 valence electrons. The van der Waals surface area contributed by atoms with Gasteiger partial charge in [0.1, 0.15) is 5.50 Å². The molecule has 2 N–H and O–H groups in total. The first kappa shape index (κ1) is 19.5. The topological polar surface area (TPSA) is 44.4 Å². The molecule has 0 bridgehead atoms. The van der Waals surface area contributed by atoms with Crippen LogP contribution in [0.4, 0.5) is 0 Å². The highest BCUT2D eigenvalue weighted by molar-refractivity contribution is 7.99. The number of thioether (sulfide) groups is 1. The summed E-state index contributed by atoms with van der Waals surface area (Å²) in [5.41, 5.74) is 5.26. The number of likely N-dealkylation sites (tertiary alicyclic amines) is 1. The van der Waals surface area contributed by atoms with Gasteiger partial charge in [-0.1, -0.05) is 48.5 Å². The first-order valence-corrected chi connectivity index (χ1v) is 11.1. The summed E-state index contributed by atoms with van der Waals surface area (Å²) in [6, 6.07) is 17.4. The Hall–Kier alpha value is -1.82. The zero-order valence-corrected chi connectivity index (χ0v) is 17.5. The predicted molar refractivity (Wildman–Crippen MR) is 116 cm³/mol. The Morgan fingerprint density at radius 1 is 1.07 bits per heavy atom. The number of amides is 1. The van der Waals surface area contributed by atoms with Crippen molar-refractivity contribution in [1.82, 2.24) is 15.5 Å². The highest BCUT2D eigenvalue weighted by atomic mass is 32.2. The minimum atomic E-state index is -0.00367. The van der Waals surface area contributed by atoms with Gasteiger partial charge in [-0.15, -0.1) is 11.8 Å². The second-order valence-corrected chi connectivity index (χ2v) is 9.10. The van der Waals surface area contributed by atoms with Gasteiger partial charge in [-0.3, -0.25) is 15.0 Å². The molecule has 4 rings (SSSR count). The Balaban J connectivity index is 1.31. The van der Waals surface area contributed by atoms with Crippen LogP contribution < -0.4 is 10.6 Å². The van der Waals surface area contributed by atoms with Gasteiger partial charge in [0.2, 0.25) is 5.91 Å². The molecule has 28 heavy (non-hydrogen) atoms. The molecule has 0 aliphatic carbocycles. The molecular formula is C23H29N3OS. The maximum Gasteiger partial charge on any atom is 0.227 e. The van der Waals surface area contributed by atoms with Crippen LogP contribution in [0, 0.1) is 19.8 Å². The molecule has 0 aromatic heterocycles. The summed E-state index contributed by atoms with van der Waals surface area (Å²) in [6.45, 7) is 7.07. The van der Waals surface area contributed by atoms with Crippen LogP contribution in [0.2, 0.25) is 0 Å². The van der Waals surface area contributed by atoms with Gasteiger partial charge in [-0.25, -0.2) is 0 Å².